The SMILES string of the molecule is CC(=O)c1ccc(Cl)cc1.CC(C)(C)O.CC(C)(C)OC(=O)CC#N.CC(C)(C)OC(=O)c1c(-c2ccc(Cl)cc2)csc1N. The molecule has 1 heterocycles. The maximum absolute atomic E-state index is 12.3. The molecular formula is C34H44Cl2N2O6S. The Morgan fingerprint density at radius 3 is 1.64 bits per heavy atom. The molecule has 2 aromatic carbocycles. The molecule has 0 atom stereocenters. The number of anilines is 1. The summed E-state index contributed by atoms with van der Waals surface area (Å²) in [5.74, 6) is -0.798. The van der Waals surface area contributed by atoms with E-state index in [0.29, 0.717) is 26.2 Å². The van der Waals surface area contributed by atoms with Gasteiger partial charge in [-0.15, -0.1) is 11.3 Å². The van der Waals surface area contributed by atoms with Crippen LogP contribution in [0.15, 0.2) is 53.9 Å². The molecule has 3 N–H and O–H groups in total. The van der Waals surface area contributed by atoms with Gasteiger partial charge in [-0.1, -0.05) is 35.3 Å². The smallest absolute Gasteiger partial charge is 0.342 e. The summed E-state index contributed by atoms with van der Waals surface area (Å²) < 4.78 is 10.2. The van der Waals surface area contributed by atoms with Crippen LogP contribution in [0.3, 0.4) is 0 Å². The molecule has 0 spiro atoms. The summed E-state index contributed by atoms with van der Waals surface area (Å²) in [7, 11) is 0. The van der Waals surface area contributed by atoms with Crippen molar-refractivity contribution in [3.05, 3.63) is 75.1 Å². The first-order chi connectivity index (χ1) is 20.4. The van der Waals surface area contributed by atoms with Crippen molar-refractivity contribution >= 4 is 57.3 Å². The number of carbonyl (C=O) groups excluding carboxylic acids is 3. The molecule has 0 unspecified atom stereocenters. The maximum atomic E-state index is 12.3. The second-order valence-corrected chi connectivity index (χ2v) is 14.3. The number of thiophene rings is 1. The highest BCUT2D eigenvalue weighted by molar-refractivity contribution is 7.15. The third kappa shape index (κ3) is 20.3. The molecule has 0 saturated heterocycles. The number of ether oxygens (including phenoxy) is 2. The number of nitrogens with two attached hydrogens (primary N) is 1. The van der Waals surface area contributed by atoms with E-state index in [4.69, 9.17) is 48.8 Å². The average molecular weight is 680 g/mol. The number of nitrogens with zero attached hydrogens (tertiary/aromatic N) is 1. The van der Waals surface area contributed by atoms with Crippen molar-refractivity contribution < 1.29 is 29.0 Å². The van der Waals surface area contributed by atoms with Gasteiger partial charge in [0.25, 0.3) is 0 Å². The van der Waals surface area contributed by atoms with Gasteiger partial charge in [-0.3, -0.25) is 9.59 Å². The number of hydrogen-bond acceptors (Lipinski definition) is 9. The Hall–Kier alpha value is -3.42. The normalized spacial score (nSPS) is 10.8. The molecule has 0 radical (unpaired) electrons. The van der Waals surface area contributed by atoms with Crippen molar-refractivity contribution in [2.45, 2.75) is 92.5 Å². The lowest BCUT2D eigenvalue weighted by Crippen LogP contribution is -2.24. The third-order valence-electron chi connectivity index (χ3n) is 4.47. The largest absolute Gasteiger partial charge is 0.459 e. The summed E-state index contributed by atoms with van der Waals surface area (Å²) in [5.41, 5.74) is 7.18. The molecule has 11 heteroatoms. The van der Waals surface area contributed by atoms with E-state index in [0.717, 1.165) is 11.1 Å². The van der Waals surface area contributed by atoms with Crippen LogP contribution in [0, 0.1) is 11.3 Å². The van der Waals surface area contributed by atoms with Crippen LogP contribution < -0.4 is 5.73 Å². The Morgan fingerprint density at radius 1 is 0.844 bits per heavy atom. The van der Waals surface area contributed by atoms with Crippen LogP contribution in [0.4, 0.5) is 5.00 Å². The second-order valence-electron chi connectivity index (χ2n) is 12.6. The molecule has 45 heavy (non-hydrogen) atoms. The number of halogens is 2. The van der Waals surface area contributed by atoms with Gasteiger partial charge < -0.3 is 20.3 Å². The standard InChI is InChI=1S/C15H16ClNO2S.C8H7ClO.C7H11NO2.C4H10O/c1-15(2,3)19-14(18)12-11(8-20-13(12)17)9-4-6-10(16)7-5-9;1-6(10)7-2-4-8(9)5-3-7;1-7(2,3)10-6(9)4-5-8;1-4(2,3)5/h4-8H,17H2,1-3H3;2-5H,1H3;4H2,1-3H3;5H,1-3H3. The molecule has 0 bridgehead atoms. The molecule has 1 aromatic heterocycles. The lowest BCUT2D eigenvalue weighted by molar-refractivity contribution is -0.153. The zero-order valence-corrected chi connectivity index (χ0v) is 29.9. The number of aliphatic hydroxyl groups is 1. The Bertz CT molecular complexity index is 1420. The van der Waals surface area contributed by atoms with Gasteiger partial charge in [0, 0.05) is 26.6 Å². The minimum atomic E-state index is -0.553. The van der Waals surface area contributed by atoms with E-state index in [-0.39, 0.29) is 12.2 Å². The average Bonchev–Trinajstić information content (AvgIpc) is 3.24. The number of Topliss-reactive ketones (excluding diaryl/α,β-unsaturated/α-hetero) is 1. The molecular weight excluding hydrogens is 635 g/mol. The molecule has 0 aliphatic rings. The summed E-state index contributed by atoms with van der Waals surface area (Å²) >= 11 is 12.8. The molecule has 3 rings (SSSR count). The predicted molar refractivity (Wildman–Crippen MR) is 184 cm³/mol. The van der Waals surface area contributed by atoms with Crippen molar-refractivity contribution in [1.82, 2.24) is 0 Å². The van der Waals surface area contributed by atoms with Gasteiger partial charge in [-0.2, -0.15) is 5.26 Å². The second kappa shape index (κ2) is 18.5. The number of nitrogen functional groups attached to an aromatic ring is 1. The fourth-order valence-electron chi connectivity index (χ4n) is 2.88. The van der Waals surface area contributed by atoms with Gasteiger partial charge in [-0.25, -0.2) is 4.79 Å². The van der Waals surface area contributed by atoms with Crippen molar-refractivity contribution in [3.8, 4) is 17.2 Å². The van der Waals surface area contributed by atoms with Gasteiger partial charge in [0.2, 0.25) is 0 Å². The minimum absolute atomic E-state index is 0.0664. The van der Waals surface area contributed by atoms with Crippen molar-refractivity contribution in [2.75, 3.05) is 5.73 Å². The number of benzene rings is 2. The van der Waals surface area contributed by atoms with Gasteiger partial charge in [0.05, 0.1) is 11.7 Å². The van der Waals surface area contributed by atoms with E-state index < -0.39 is 28.7 Å². The number of ketones is 1. The molecule has 8 nitrogen and oxygen atoms in total. The van der Waals surface area contributed by atoms with Crippen molar-refractivity contribution in [2.24, 2.45) is 0 Å². The number of esters is 2. The van der Waals surface area contributed by atoms with Crippen LogP contribution in [-0.2, 0) is 14.3 Å². The fourth-order valence-corrected chi connectivity index (χ4v) is 3.94. The first kappa shape index (κ1) is 41.6. The molecule has 3 aromatic rings. The summed E-state index contributed by atoms with van der Waals surface area (Å²) in [6, 6.07) is 15.8. The summed E-state index contributed by atoms with van der Waals surface area (Å²) in [6.45, 7) is 17.5. The van der Waals surface area contributed by atoms with Gasteiger partial charge in [0.1, 0.15) is 28.2 Å². The van der Waals surface area contributed by atoms with Crippen LogP contribution in [0.1, 0.15) is 96.4 Å². The van der Waals surface area contributed by atoms with Gasteiger partial charge >= 0.3 is 11.9 Å². The zero-order valence-electron chi connectivity index (χ0n) is 27.6. The van der Waals surface area contributed by atoms with Crippen LogP contribution >= 0.6 is 34.5 Å². The van der Waals surface area contributed by atoms with E-state index in [1.807, 2.05) is 38.3 Å². The molecule has 0 aliphatic heterocycles. The van der Waals surface area contributed by atoms with Crippen LogP contribution in [0.5, 0.6) is 0 Å². The predicted octanol–water partition coefficient (Wildman–Crippen LogP) is 9.17. The molecule has 0 saturated carbocycles. The molecule has 0 aliphatic carbocycles. The minimum Gasteiger partial charge on any atom is -0.459 e. The molecule has 246 valence electrons. The first-order valence-corrected chi connectivity index (χ1v) is 15.5. The fraction of sp³-hybridized carbons (Fsp3) is 0.412. The highest BCUT2D eigenvalue weighted by Crippen LogP contribution is 2.35. The maximum Gasteiger partial charge on any atom is 0.342 e. The van der Waals surface area contributed by atoms with Crippen LogP contribution in [-0.4, -0.2) is 39.6 Å². The van der Waals surface area contributed by atoms with E-state index in [1.54, 1.807) is 84.0 Å². The lowest BCUT2D eigenvalue weighted by atomic mass is 10.0. The van der Waals surface area contributed by atoms with Crippen LogP contribution in [0.2, 0.25) is 10.0 Å². The van der Waals surface area contributed by atoms with E-state index in [2.05, 4.69) is 0 Å². The summed E-state index contributed by atoms with van der Waals surface area (Å²) in [5, 5.41) is 20.2. The Balaban J connectivity index is 0.000000652. The van der Waals surface area contributed by atoms with Gasteiger partial charge in [0.15, 0.2) is 5.78 Å². The van der Waals surface area contributed by atoms with Gasteiger partial charge in [-0.05, 0) is 111 Å². The molecule has 0 amide bonds. The van der Waals surface area contributed by atoms with Crippen molar-refractivity contribution in [3.63, 3.8) is 0 Å². The monoisotopic (exact) mass is 678 g/mol. The highest BCUT2D eigenvalue weighted by Gasteiger charge is 2.24. The Labute approximate surface area is 281 Å². The number of carbonyl (C=O) groups is 3. The summed E-state index contributed by atoms with van der Waals surface area (Å²) in [6.07, 6.45) is -0.169. The van der Waals surface area contributed by atoms with E-state index in [1.165, 1.54) is 18.3 Å². The van der Waals surface area contributed by atoms with Crippen LogP contribution in [0.25, 0.3) is 11.1 Å². The zero-order chi connectivity index (χ0) is 35.2. The van der Waals surface area contributed by atoms with E-state index >= 15 is 0 Å². The number of hydrogen-bond donors (Lipinski definition) is 2. The van der Waals surface area contributed by atoms with E-state index in [9.17, 15) is 14.4 Å². The third-order valence-corrected chi connectivity index (χ3v) is 5.79. The number of nitriles is 1. The number of rotatable bonds is 4. The summed E-state index contributed by atoms with van der Waals surface area (Å²) in [4.78, 5) is 33.6. The quantitative estimate of drug-likeness (QED) is 0.206. The lowest BCUT2D eigenvalue weighted by Gasteiger charge is -2.20. The first-order valence-electron chi connectivity index (χ1n) is 13.9. The topological polar surface area (TPSA) is 140 Å². The van der Waals surface area contributed by atoms with Crippen molar-refractivity contribution in [1.29, 1.82) is 5.26 Å². The molecule has 0 fully saturated rings. The Morgan fingerprint density at radius 2 is 1.27 bits per heavy atom. The highest BCUT2D eigenvalue weighted by atomic mass is 35.5. The Kier molecular flexibility index (Phi) is 17.1.